The lowest BCUT2D eigenvalue weighted by atomic mass is 9.95. The van der Waals surface area contributed by atoms with Crippen LogP contribution >= 0.6 is 0 Å². The molecule has 30 heavy (non-hydrogen) atoms. The quantitative estimate of drug-likeness (QED) is 0.641. The fourth-order valence-corrected chi connectivity index (χ4v) is 3.99. The van der Waals surface area contributed by atoms with Crippen LogP contribution in [-0.4, -0.2) is 47.2 Å². The third kappa shape index (κ3) is 4.35. The fraction of sp³-hybridized carbons (Fsp3) is 0.320. The summed E-state index contributed by atoms with van der Waals surface area (Å²) in [5.41, 5.74) is 4.28. The van der Waals surface area contributed by atoms with Crippen LogP contribution in [0.2, 0.25) is 0 Å². The van der Waals surface area contributed by atoms with E-state index in [1.54, 1.807) is 0 Å². The van der Waals surface area contributed by atoms with Crippen molar-refractivity contribution in [1.29, 1.82) is 0 Å². The number of hydrogen-bond donors (Lipinski definition) is 0. The first-order valence-electron chi connectivity index (χ1n) is 10.6. The summed E-state index contributed by atoms with van der Waals surface area (Å²) in [7, 11) is 0. The zero-order valence-corrected chi connectivity index (χ0v) is 17.7. The van der Waals surface area contributed by atoms with Gasteiger partial charge in [-0.3, -0.25) is 4.79 Å². The van der Waals surface area contributed by atoms with Gasteiger partial charge in [0.1, 0.15) is 0 Å². The average molecular weight is 401 g/mol. The van der Waals surface area contributed by atoms with E-state index in [2.05, 4.69) is 53.2 Å². The number of hydrogen-bond acceptors (Lipinski definition) is 4. The lowest BCUT2D eigenvalue weighted by Crippen LogP contribution is -2.50. The van der Waals surface area contributed by atoms with Gasteiger partial charge in [0, 0.05) is 31.7 Å². The first-order valence-corrected chi connectivity index (χ1v) is 10.6. The van der Waals surface area contributed by atoms with E-state index in [1.165, 1.54) is 5.56 Å². The molecule has 0 bridgehead atoms. The maximum Gasteiger partial charge on any atom is 0.230 e. The third-order valence-corrected chi connectivity index (χ3v) is 5.82. The molecule has 1 fully saturated rings. The summed E-state index contributed by atoms with van der Waals surface area (Å²) in [6, 6.07) is 22.4. The molecule has 1 aromatic heterocycles. The maximum atomic E-state index is 13.1. The lowest BCUT2D eigenvalue weighted by Gasteiger charge is -2.36. The number of nitrogens with zero attached hydrogens (tertiary/aromatic N) is 4. The van der Waals surface area contributed by atoms with Crippen molar-refractivity contribution in [2.75, 3.05) is 31.1 Å². The zero-order valence-electron chi connectivity index (χ0n) is 17.7. The van der Waals surface area contributed by atoms with Gasteiger partial charge >= 0.3 is 0 Å². The molecule has 1 saturated heterocycles. The van der Waals surface area contributed by atoms with Gasteiger partial charge < -0.3 is 9.80 Å². The van der Waals surface area contributed by atoms with Gasteiger partial charge in [0.05, 0.1) is 11.6 Å². The Hall–Kier alpha value is -3.21. The predicted molar refractivity (Wildman–Crippen MR) is 120 cm³/mol. The summed E-state index contributed by atoms with van der Waals surface area (Å²) in [6.45, 7) is 7.13. The highest BCUT2D eigenvalue weighted by molar-refractivity contribution is 5.84. The van der Waals surface area contributed by atoms with E-state index in [4.69, 9.17) is 0 Å². The molecule has 2 heterocycles. The molecule has 5 heteroatoms. The smallest absolute Gasteiger partial charge is 0.230 e. The van der Waals surface area contributed by atoms with Crippen LogP contribution in [-0.2, 0) is 4.79 Å². The molecule has 0 saturated carbocycles. The average Bonchev–Trinajstić information content (AvgIpc) is 2.81. The van der Waals surface area contributed by atoms with Gasteiger partial charge in [-0.15, -0.1) is 10.2 Å². The minimum Gasteiger partial charge on any atom is -0.352 e. The normalized spacial score (nSPS) is 15.1. The van der Waals surface area contributed by atoms with Crippen LogP contribution in [0, 0.1) is 6.92 Å². The zero-order chi connectivity index (χ0) is 20.9. The summed E-state index contributed by atoms with van der Waals surface area (Å²) in [5.74, 6) is 1.03. The molecular weight excluding hydrogens is 372 g/mol. The molecule has 0 N–H and O–H groups in total. The van der Waals surface area contributed by atoms with E-state index in [0.29, 0.717) is 13.1 Å². The summed E-state index contributed by atoms with van der Waals surface area (Å²) in [4.78, 5) is 17.3. The van der Waals surface area contributed by atoms with Gasteiger partial charge in [-0.2, -0.15) is 0 Å². The minimum atomic E-state index is -0.0636. The summed E-state index contributed by atoms with van der Waals surface area (Å²) >= 11 is 0. The van der Waals surface area contributed by atoms with E-state index < -0.39 is 0 Å². The molecule has 1 aliphatic heterocycles. The number of aryl methyl sites for hydroxylation is 1. The second kappa shape index (κ2) is 9.08. The van der Waals surface area contributed by atoms with E-state index in [-0.39, 0.29) is 11.8 Å². The Balaban J connectivity index is 1.38. The van der Waals surface area contributed by atoms with Crippen molar-refractivity contribution in [2.24, 2.45) is 0 Å². The Morgan fingerprint density at radius 3 is 2.20 bits per heavy atom. The third-order valence-electron chi connectivity index (χ3n) is 5.82. The van der Waals surface area contributed by atoms with E-state index >= 15 is 0 Å². The Morgan fingerprint density at radius 1 is 0.900 bits per heavy atom. The molecule has 1 aliphatic rings. The monoisotopic (exact) mass is 400 g/mol. The molecule has 0 aliphatic carbocycles. The Morgan fingerprint density at radius 2 is 1.60 bits per heavy atom. The molecule has 1 amide bonds. The van der Waals surface area contributed by atoms with Gasteiger partial charge in [0.25, 0.3) is 0 Å². The van der Waals surface area contributed by atoms with Crippen molar-refractivity contribution in [3.63, 3.8) is 0 Å². The van der Waals surface area contributed by atoms with Crippen molar-refractivity contribution in [3.05, 3.63) is 77.9 Å². The van der Waals surface area contributed by atoms with Gasteiger partial charge in [-0.05, 0) is 31.0 Å². The molecule has 5 nitrogen and oxygen atoms in total. The van der Waals surface area contributed by atoms with E-state index in [9.17, 15) is 4.79 Å². The topological polar surface area (TPSA) is 49.3 Å². The molecular formula is C25H28N4O. The Labute approximate surface area is 178 Å². The highest BCUT2D eigenvalue weighted by Crippen LogP contribution is 2.24. The van der Waals surface area contributed by atoms with Crippen LogP contribution in [0.25, 0.3) is 11.3 Å². The number of anilines is 1. The molecule has 1 unspecified atom stereocenters. The van der Waals surface area contributed by atoms with Crippen LogP contribution < -0.4 is 4.90 Å². The van der Waals surface area contributed by atoms with Crippen LogP contribution in [0.3, 0.4) is 0 Å². The largest absolute Gasteiger partial charge is 0.352 e. The SMILES string of the molecule is CCC(C(=O)N1CCN(c2ccc(-c3ccc(C)cc3)nn2)CC1)c1ccccc1. The van der Waals surface area contributed by atoms with Gasteiger partial charge in [0.2, 0.25) is 5.91 Å². The highest BCUT2D eigenvalue weighted by Gasteiger charge is 2.27. The second-order valence-corrected chi connectivity index (χ2v) is 7.83. The van der Waals surface area contributed by atoms with Crippen molar-refractivity contribution in [3.8, 4) is 11.3 Å². The Bertz CT molecular complexity index is 962. The number of aromatic nitrogens is 2. The number of amides is 1. The predicted octanol–water partition coefficient (Wildman–Crippen LogP) is 4.29. The summed E-state index contributed by atoms with van der Waals surface area (Å²) in [6.07, 6.45) is 0.814. The highest BCUT2D eigenvalue weighted by atomic mass is 16.2. The molecule has 1 atom stereocenters. The standard InChI is InChI=1S/C25H28N4O/c1-3-22(20-7-5-4-6-8-20)25(30)29-17-15-28(16-18-29)24-14-13-23(26-27-24)21-11-9-19(2)10-12-21/h4-14,22H,3,15-18H2,1-2H3. The van der Waals surface area contributed by atoms with Gasteiger partial charge in [0.15, 0.2) is 5.82 Å². The number of carbonyl (C=O) groups excluding carboxylic acids is 1. The number of carbonyl (C=O) groups is 1. The van der Waals surface area contributed by atoms with Crippen LogP contribution in [0.1, 0.15) is 30.4 Å². The molecule has 0 spiro atoms. The Kier molecular flexibility index (Phi) is 6.07. The van der Waals surface area contributed by atoms with Crippen molar-refractivity contribution in [2.45, 2.75) is 26.2 Å². The second-order valence-electron chi connectivity index (χ2n) is 7.83. The van der Waals surface area contributed by atoms with E-state index in [0.717, 1.165) is 42.1 Å². The van der Waals surface area contributed by atoms with E-state index in [1.807, 2.05) is 47.4 Å². The summed E-state index contributed by atoms with van der Waals surface area (Å²) in [5, 5.41) is 8.86. The molecule has 154 valence electrons. The van der Waals surface area contributed by atoms with Crippen molar-refractivity contribution < 1.29 is 4.79 Å². The van der Waals surface area contributed by atoms with Crippen LogP contribution in [0.5, 0.6) is 0 Å². The maximum absolute atomic E-state index is 13.1. The van der Waals surface area contributed by atoms with Crippen molar-refractivity contribution >= 4 is 11.7 Å². The van der Waals surface area contributed by atoms with Gasteiger partial charge in [-0.25, -0.2) is 0 Å². The molecule has 0 radical (unpaired) electrons. The number of piperazine rings is 1. The number of rotatable bonds is 5. The molecule has 2 aromatic carbocycles. The number of benzene rings is 2. The molecule has 4 rings (SSSR count). The van der Waals surface area contributed by atoms with Crippen LogP contribution in [0.15, 0.2) is 66.7 Å². The van der Waals surface area contributed by atoms with Crippen molar-refractivity contribution in [1.82, 2.24) is 15.1 Å². The minimum absolute atomic E-state index is 0.0636. The lowest BCUT2D eigenvalue weighted by molar-refractivity contribution is -0.133. The van der Waals surface area contributed by atoms with Crippen LogP contribution in [0.4, 0.5) is 5.82 Å². The summed E-state index contributed by atoms with van der Waals surface area (Å²) < 4.78 is 0. The van der Waals surface area contributed by atoms with Gasteiger partial charge in [-0.1, -0.05) is 67.1 Å². The fourth-order valence-electron chi connectivity index (χ4n) is 3.99. The first kappa shape index (κ1) is 20.1. The molecule has 3 aromatic rings. The first-order chi connectivity index (χ1) is 14.7.